The number of carboxylic acids is 2. The van der Waals surface area contributed by atoms with Crippen LogP contribution in [-0.4, -0.2) is 45.2 Å². The van der Waals surface area contributed by atoms with E-state index in [9.17, 15) is 9.59 Å². The summed E-state index contributed by atoms with van der Waals surface area (Å²) in [4.78, 5) is 21.4. The predicted octanol–water partition coefficient (Wildman–Crippen LogP) is 0.826. The fourth-order valence-corrected chi connectivity index (χ4v) is 1.03. The Hall–Kier alpha value is -0.294. The molecule has 0 atom stereocenters. The molecule has 0 aliphatic heterocycles. The van der Waals surface area contributed by atoms with Gasteiger partial charge in [0.1, 0.15) is 0 Å². The van der Waals surface area contributed by atoms with Gasteiger partial charge in [0.15, 0.2) is 5.41 Å². The molecule has 0 aliphatic rings. The lowest BCUT2D eigenvalue weighted by Crippen LogP contribution is -2.36. The van der Waals surface area contributed by atoms with Crippen LogP contribution >= 0.6 is 0 Å². The third-order valence-corrected chi connectivity index (χ3v) is 2.22. The van der Waals surface area contributed by atoms with E-state index in [1.807, 2.05) is 6.92 Å². The first-order valence-electron chi connectivity index (χ1n) is 4.42. The van der Waals surface area contributed by atoms with Gasteiger partial charge in [-0.25, -0.2) is 0 Å². The summed E-state index contributed by atoms with van der Waals surface area (Å²) in [5, 5.41) is 17.4. The molecule has 5 heteroatoms. The van der Waals surface area contributed by atoms with Crippen molar-refractivity contribution in [3.63, 3.8) is 0 Å². The number of hydrogen-bond acceptors (Lipinski definition) is 2. The topological polar surface area (TPSA) is 74.6 Å². The number of carbonyl (C=O) groups is 2. The van der Waals surface area contributed by atoms with Crippen LogP contribution in [-0.2, 0) is 9.59 Å². The zero-order valence-corrected chi connectivity index (χ0v) is 8.04. The van der Waals surface area contributed by atoms with E-state index in [1.54, 1.807) is 0 Å². The molecule has 2 N–H and O–H groups in total. The second-order valence-electron chi connectivity index (χ2n) is 3.40. The molecule has 0 heterocycles. The van der Waals surface area contributed by atoms with Gasteiger partial charge in [-0.05, 0) is 13.3 Å². The van der Waals surface area contributed by atoms with Crippen LogP contribution in [0.2, 0.25) is 0 Å². The normalized spacial score (nSPS) is 10.4. The van der Waals surface area contributed by atoms with E-state index in [2.05, 4.69) is 0 Å². The molecule has 0 radical (unpaired) electrons. The van der Waals surface area contributed by atoms with Crippen molar-refractivity contribution >= 4 is 35.0 Å². The first kappa shape index (κ1) is 16.1. The van der Waals surface area contributed by atoms with Gasteiger partial charge >= 0.3 is 35.0 Å². The zero-order chi connectivity index (χ0) is 10.5. The van der Waals surface area contributed by atoms with Crippen LogP contribution in [0.1, 0.15) is 39.5 Å². The quantitative estimate of drug-likeness (QED) is 0.390. The molecule has 0 saturated heterocycles. The smallest absolute Gasteiger partial charge is 0.320 e. The molecule has 0 aromatic carbocycles. The highest BCUT2D eigenvalue weighted by Crippen LogP contribution is 2.25. The van der Waals surface area contributed by atoms with E-state index in [0.29, 0.717) is 6.42 Å². The fourth-order valence-electron chi connectivity index (χ4n) is 1.03. The summed E-state index contributed by atoms with van der Waals surface area (Å²) in [5.41, 5.74) is -1.62. The largest absolute Gasteiger partial charge is 0.480 e. The van der Waals surface area contributed by atoms with Gasteiger partial charge in [0.05, 0.1) is 0 Å². The Morgan fingerprint density at radius 2 is 1.57 bits per heavy atom. The lowest BCUT2D eigenvalue weighted by atomic mass is 9.85. The van der Waals surface area contributed by atoms with Crippen LogP contribution in [0.3, 0.4) is 0 Å². The summed E-state index contributed by atoms with van der Waals surface area (Å²) in [5.74, 6) is -2.51. The number of aliphatic carboxylic acids is 2. The molecule has 0 fully saturated rings. The fraction of sp³-hybridized carbons (Fsp3) is 0.778. The Balaban J connectivity index is 0. The minimum Gasteiger partial charge on any atom is -0.480 e. The molecular formula is C9H18MgO4. The standard InChI is InChI=1S/C9H16O4.Mg.2H/c1-3-4-5-6-9(2,7(10)11)8(12)13;;;/h3-6H2,1-2H3,(H,10,11)(H,12,13);;;. The minimum atomic E-state index is -1.62. The van der Waals surface area contributed by atoms with E-state index < -0.39 is 17.4 Å². The molecule has 0 aliphatic carbocycles. The summed E-state index contributed by atoms with van der Waals surface area (Å²) in [6.45, 7) is 3.24. The van der Waals surface area contributed by atoms with E-state index in [-0.39, 0.29) is 29.5 Å². The van der Waals surface area contributed by atoms with Crippen molar-refractivity contribution in [1.29, 1.82) is 0 Å². The highest BCUT2D eigenvalue weighted by molar-refractivity contribution is 5.97. The Kier molecular flexibility index (Phi) is 8.14. The molecule has 14 heavy (non-hydrogen) atoms. The van der Waals surface area contributed by atoms with Gasteiger partial charge in [0, 0.05) is 0 Å². The van der Waals surface area contributed by atoms with E-state index in [1.165, 1.54) is 6.92 Å². The molecule has 0 bridgehead atoms. The molecule has 0 spiro atoms. The van der Waals surface area contributed by atoms with Crippen molar-refractivity contribution in [2.45, 2.75) is 39.5 Å². The van der Waals surface area contributed by atoms with Crippen molar-refractivity contribution in [3.05, 3.63) is 0 Å². The number of unbranched alkanes of at least 4 members (excludes halogenated alkanes) is 2. The van der Waals surface area contributed by atoms with Gasteiger partial charge in [-0.1, -0.05) is 26.2 Å². The molecular weight excluding hydrogens is 196 g/mol. The average Bonchev–Trinajstić information content (AvgIpc) is 2.03. The first-order valence-corrected chi connectivity index (χ1v) is 4.42. The molecule has 0 aromatic rings. The number of hydrogen-bond donors (Lipinski definition) is 2. The van der Waals surface area contributed by atoms with Crippen LogP contribution in [0.25, 0.3) is 0 Å². The van der Waals surface area contributed by atoms with Gasteiger partial charge in [0.25, 0.3) is 0 Å². The zero-order valence-electron chi connectivity index (χ0n) is 8.04. The maximum Gasteiger partial charge on any atom is 0.320 e. The number of carboxylic acid groups (broad SMARTS) is 2. The Morgan fingerprint density at radius 3 is 1.86 bits per heavy atom. The van der Waals surface area contributed by atoms with Gasteiger partial charge in [-0.15, -0.1) is 0 Å². The molecule has 0 rings (SSSR count). The molecule has 4 nitrogen and oxygen atoms in total. The molecule has 0 aromatic heterocycles. The van der Waals surface area contributed by atoms with Crippen LogP contribution < -0.4 is 0 Å². The Morgan fingerprint density at radius 1 is 1.14 bits per heavy atom. The summed E-state index contributed by atoms with van der Waals surface area (Å²) < 4.78 is 0. The van der Waals surface area contributed by atoms with Crippen LogP contribution in [0, 0.1) is 5.41 Å². The maximum absolute atomic E-state index is 10.7. The SMILES string of the molecule is CCCCCC(C)(C(=O)O)C(=O)O.[MgH2]. The monoisotopic (exact) mass is 214 g/mol. The van der Waals surface area contributed by atoms with Crippen molar-refractivity contribution in [3.8, 4) is 0 Å². The van der Waals surface area contributed by atoms with E-state index in [4.69, 9.17) is 10.2 Å². The van der Waals surface area contributed by atoms with Crippen LogP contribution in [0.5, 0.6) is 0 Å². The first-order chi connectivity index (χ1) is 5.95. The Bertz CT molecular complexity index is 189. The lowest BCUT2D eigenvalue weighted by molar-refractivity contribution is -0.163. The Labute approximate surface area is 99.8 Å². The minimum absolute atomic E-state index is 0. The average molecular weight is 215 g/mol. The van der Waals surface area contributed by atoms with Crippen molar-refractivity contribution in [2.24, 2.45) is 5.41 Å². The third-order valence-electron chi connectivity index (χ3n) is 2.22. The van der Waals surface area contributed by atoms with Crippen LogP contribution in [0.15, 0.2) is 0 Å². The molecule has 0 unspecified atom stereocenters. The summed E-state index contributed by atoms with van der Waals surface area (Å²) in [7, 11) is 0. The highest BCUT2D eigenvalue weighted by Gasteiger charge is 2.40. The third kappa shape index (κ3) is 4.28. The van der Waals surface area contributed by atoms with Crippen molar-refractivity contribution in [1.82, 2.24) is 0 Å². The van der Waals surface area contributed by atoms with Gasteiger partial charge < -0.3 is 10.2 Å². The van der Waals surface area contributed by atoms with Gasteiger partial charge in [0.2, 0.25) is 0 Å². The van der Waals surface area contributed by atoms with E-state index in [0.717, 1.165) is 12.8 Å². The van der Waals surface area contributed by atoms with Crippen LogP contribution in [0.4, 0.5) is 0 Å². The molecule has 80 valence electrons. The number of rotatable bonds is 6. The molecule has 0 saturated carbocycles. The van der Waals surface area contributed by atoms with E-state index >= 15 is 0 Å². The maximum atomic E-state index is 10.7. The second-order valence-corrected chi connectivity index (χ2v) is 3.40. The van der Waals surface area contributed by atoms with Gasteiger partial charge in [-0.3, -0.25) is 9.59 Å². The van der Waals surface area contributed by atoms with Crippen molar-refractivity contribution in [2.75, 3.05) is 0 Å². The summed E-state index contributed by atoms with van der Waals surface area (Å²) in [6, 6.07) is 0. The highest BCUT2D eigenvalue weighted by atomic mass is 24.3. The second kappa shape index (κ2) is 7.06. The molecule has 0 amide bonds. The van der Waals surface area contributed by atoms with Crippen molar-refractivity contribution < 1.29 is 19.8 Å². The predicted molar refractivity (Wildman–Crippen MR) is 56.1 cm³/mol. The summed E-state index contributed by atoms with van der Waals surface area (Å²) in [6.07, 6.45) is 2.67. The lowest BCUT2D eigenvalue weighted by Gasteiger charge is -2.18. The van der Waals surface area contributed by atoms with Gasteiger partial charge in [-0.2, -0.15) is 0 Å². The summed E-state index contributed by atoms with van der Waals surface area (Å²) >= 11 is 0.